The summed E-state index contributed by atoms with van der Waals surface area (Å²) in [4.78, 5) is 4.25. The summed E-state index contributed by atoms with van der Waals surface area (Å²) in [5.41, 5.74) is 1.48. The fraction of sp³-hybridized carbons (Fsp3) is 0.611. The zero-order valence-corrected chi connectivity index (χ0v) is 18.1. The average Bonchev–Trinajstić information content (AvgIpc) is 2.52. The van der Waals surface area contributed by atoms with E-state index < -0.39 is 0 Å². The monoisotopic (exact) mass is 449 g/mol. The van der Waals surface area contributed by atoms with Gasteiger partial charge in [0.2, 0.25) is 0 Å². The van der Waals surface area contributed by atoms with Crippen LogP contribution in [0.2, 0.25) is 0 Å². The van der Waals surface area contributed by atoms with Crippen molar-refractivity contribution in [1.29, 1.82) is 0 Å². The highest BCUT2D eigenvalue weighted by Crippen LogP contribution is 2.27. The Balaban J connectivity index is 0.00000529. The van der Waals surface area contributed by atoms with Crippen LogP contribution < -0.4 is 20.1 Å². The van der Waals surface area contributed by atoms with Crippen molar-refractivity contribution in [2.75, 3.05) is 27.8 Å². The molecule has 0 spiro atoms. The average molecular weight is 449 g/mol. The Morgan fingerprint density at radius 3 is 2.29 bits per heavy atom. The van der Waals surface area contributed by atoms with Gasteiger partial charge in [-0.1, -0.05) is 26.8 Å². The molecule has 0 aliphatic rings. The Morgan fingerprint density at radius 2 is 1.75 bits per heavy atom. The van der Waals surface area contributed by atoms with Crippen LogP contribution in [0, 0.1) is 5.41 Å². The molecule has 6 heteroatoms. The predicted octanol–water partition coefficient (Wildman–Crippen LogP) is 3.81. The van der Waals surface area contributed by atoms with Gasteiger partial charge in [-0.05, 0) is 36.0 Å². The van der Waals surface area contributed by atoms with Crippen LogP contribution in [0.1, 0.15) is 39.2 Å². The maximum Gasteiger partial charge on any atom is 0.191 e. The highest BCUT2D eigenvalue weighted by atomic mass is 127. The lowest BCUT2D eigenvalue weighted by Crippen LogP contribution is -2.37. The van der Waals surface area contributed by atoms with E-state index in [-0.39, 0.29) is 24.0 Å². The summed E-state index contributed by atoms with van der Waals surface area (Å²) in [5, 5.41) is 6.66. The van der Waals surface area contributed by atoms with Crippen LogP contribution in [0.4, 0.5) is 0 Å². The Bertz CT molecular complexity index is 513. The Labute approximate surface area is 163 Å². The Morgan fingerprint density at radius 1 is 1.08 bits per heavy atom. The number of methoxy groups -OCH3 is 2. The van der Waals surface area contributed by atoms with Gasteiger partial charge in [0.1, 0.15) is 0 Å². The fourth-order valence-corrected chi connectivity index (χ4v) is 2.22. The molecule has 1 aromatic carbocycles. The van der Waals surface area contributed by atoms with Crippen molar-refractivity contribution in [1.82, 2.24) is 10.6 Å². The number of guanidine groups is 1. The first-order valence-corrected chi connectivity index (χ1v) is 8.05. The van der Waals surface area contributed by atoms with Crippen LogP contribution in [-0.2, 0) is 6.54 Å². The van der Waals surface area contributed by atoms with E-state index in [4.69, 9.17) is 9.47 Å². The topological polar surface area (TPSA) is 54.9 Å². The maximum atomic E-state index is 5.32. The normalized spacial score (nSPS) is 11.5. The van der Waals surface area contributed by atoms with Crippen molar-refractivity contribution in [3.8, 4) is 11.5 Å². The highest BCUT2D eigenvalue weighted by molar-refractivity contribution is 14.0. The largest absolute Gasteiger partial charge is 0.493 e. The molecule has 0 aromatic heterocycles. The van der Waals surface area contributed by atoms with E-state index in [1.165, 1.54) is 6.42 Å². The molecule has 1 aromatic rings. The lowest BCUT2D eigenvalue weighted by Gasteiger charge is -2.18. The first-order valence-electron chi connectivity index (χ1n) is 8.05. The molecule has 0 fully saturated rings. The minimum absolute atomic E-state index is 0. The van der Waals surface area contributed by atoms with Crippen molar-refractivity contribution in [3.05, 3.63) is 23.8 Å². The zero-order chi connectivity index (χ0) is 17.3. The molecular weight excluding hydrogens is 417 g/mol. The van der Waals surface area contributed by atoms with Gasteiger partial charge in [-0.15, -0.1) is 24.0 Å². The van der Waals surface area contributed by atoms with Gasteiger partial charge >= 0.3 is 0 Å². The summed E-state index contributed by atoms with van der Waals surface area (Å²) in [7, 11) is 5.07. The minimum Gasteiger partial charge on any atom is -0.493 e. The second-order valence-electron chi connectivity index (χ2n) is 6.71. The van der Waals surface area contributed by atoms with Gasteiger partial charge in [-0.25, -0.2) is 0 Å². The molecule has 1 rings (SSSR count). The van der Waals surface area contributed by atoms with E-state index in [1.807, 2.05) is 18.2 Å². The summed E-state index contributed by atoms with van der Waals surface area (Å²) in [5.74, 6) is 2.29. The van der Waals surface area contributed by atoms with E-state index >= 15 is 0 Å². The summed E-state index contributed by atoms with van der Waals surface area (Å²) in [6.45, 7) is 8.38. The number of rotatable bonds is 7. The molecule has 138 valence electrons. The van der Waals surface area contributed by atoms with Gasteiger partial charge in [-0.3, -0.25) is 4.99 Å². The standard InChI is InChI=1S/C18H31N3O2.HI/c1-18(2,3)10-7-11-20-17(19-4)21-13-14-8-9-15(22-5)16(12-14)23-6;/h8-9,12H,7,10-11,13H2,1-6H3,(H2,19,20,21);1H. The van der Waals surface area contributed by atoms with Gasteiger partial charge in [0.25, 0.3) is 0 Å². The number of hydrogen-bond donors (Lipinski definition) is 2. The van der Waals surface area contributed by atoms with Gasteiger partial charge < -0.3 is 20.1 Å². The van der Waals surface area contributed by atoms with Crippen LogP contribution in [0.5, 0.6) is 11.5 Å². The highest BCUT2D eigenvalue weighted by Gasteiger charge is 2.09. The van der Waals surface area contributed by atoms with Crippen molar-refractivity contribution in [3.63, 3.8) is 0 Å². The van der Waals surface area contributed by atoms with Gasteiger partial charge in [0.05, 0.1) is 14.2 Å². The summed E-state index contributed by atoms with van der Waals surface area (Å²) in [6.07, 6.45) is 2.31. The Kier molecular flexibility index (Phi) is 10.8. The zero-order valence-electron chi connectivity index (χ0n) is 15.7. The third-order valence-electron chi connectivity index (χ3n) is 3.53. The van der Waals surface area contributed by atoms with Crippen molar-refractivity contribution in [2.45, 2.75) is 40.2 Å². The van der Waals surface area contributed by atoms with Gasteiger partial charge in [-0.2, -0.15) is 0 Å². The second kappa shape index (κ2) is 11.4. The van der Waals surface area contributed by atoms with Crippen LogP contribution in [0.3, 0.4) is 0 Å². The smallest absolute Gasteiger partial charge is 0.191 e. The molecule has 24 heavy (non-hydrogen) atoms. The molecule has 0 amide bonds. The number of halogens is 1. The summed E-state index contributed by atoms with van der Waals surface area (Å²) >= 11 is 0. The van der Waals surface area contributed by atoms with Crippen LogP contribution in [-0.4, -0.2) is 33.8 Å². The third kappa shape index (κ3) is 8.61. The molecule has 2 N–H and O–H groups in total. The number of ether oxygens (including phenoxy) is 2. The van der Waals surface area contributed by atoms with E-state index in [2.05, 4.69) is 36.4 Å². The van der Waals surface area contributed by atoms with Crippen LogP contribution in [0.25, 0.3) is 0 Å². The summed E-state index contributed by atoms with van der Waals surface area (Å²) < 4.78 is 10.6. The molecule has 0 atom stereocenters. The maximum absolute atomic E-state index is 5.32. The molecule has 0 heterocycles. The number of nitrogens with zero attached hydrogens (tertiary/aromatic N) is 1. The molecule has 0 aliphatic heterocycles. The predicted molar refractivity (Wildman–Crippen MR) is 112 cm³/mol. The molecule has 0 unspecified atom stereocenters. The number of nitrogens with one attached hydrogen (secondary N) is 2. The number of hydrogen-bond acceptors (Lipinski definition) is 3. The quantitative estimate of drug-likeness (QED) is 0.288. The Hall–Kier alpha value is -1.18. The van der Waals surface area contributed by atoms with Crippen LogP contribution >= 0.6 is 24.0 Å². The van der Waals surface area contributed by atoms with Gasteiger partial charge in [0.15, 0.2) is 17.5 Å². The lowest BCUT2D eigenvalue weighted by atomic mass is 9.91. The number of aliphatic imine (C=N–C) groups is 1. The van der Waals surface area contributed by atoms with Gasteiger partial charge in [0, 0.05) is 20.1 Å². The molecule has 0 aliphatic carbocycles. The first-order chi connectivity index (χ1) is 10.9. The molecule has 0 saturated heterocycles. The van der Waals surface area contributed by atoms with E-state index in [0.717, 1.165) is 36.0 Å². The molecular formula is C18H32IN3O2. The summed E-state index contributed by atoms with van der Waals surface area (Å²) in [6, 6.07) is 5.90. The number of benzene rings is 1. The van der Waals surface area contributed by atoms with E-state index in [0.29, 0.717) is 12.0 Å². The SMILES string of the molecule is CN=C(NCCCC(C)(C)C)NCc1ccc(OC)c(OC)c1.I. The third-order valence-corrected chi connectivity index (χ3v) is 3.53. The minimum atomic E-state index is 0. The fourth-order valence-electron chi connectivity index (χ4n) is 2.22. The molecule has 5 nitrogen and oxygen atoms in total. The van der Waals surface area contributed by atoms with E-state index in [9.17, 15) is 0 Å². The molecule has 0 saturated carbocycles. The van der Waals surface area contributed by atoms with E-state index in [1.54, 1.807) is 21.3 Å². The van der Waals surface area contributed by atoms with Crippen molar-refractivity contribution in [2.24, 2.45) is 10.4 Å². The van der Waals surface area contributed by atoms with Crippen molar-refractivity contribution >= 4 is 29.9 Å². The lowest BCUT2D eigenvalue weighted by molar-refractivity contribution is 0.354. The first kappa shape index (κ1) is 22.8. The van der Waals surface area contributed by atoms with Crippen LogP contribution in [0.15, 0.2) is 23.2 Å². The molecule has 0 radical (unpaired) electrons. The molecule has 0 bridgehead atoms. The second-order valence-corrected chi connectivity index (χ2v) is 6.71. The van der Waals surface area contributed by atoms with Crippen molar-refractivity contribution < 1.29 is 9.47 Å².